The molecule has 94 valence electrons. The van der Waals surface area contributed by atoms with E-state index in [-0.39, 0.29) is 5.69 Å². The number of hydrogen-bond donors (Lipinski definition) is 0. The molecule has 0 saturated heterocycles. The van der Waals surface area contributed by atoms with E-state index in [1.807, 2.05) is 30.3 Å². The van der Waals surface area contributed by atoms with Gasteiger partial charge in [-0.1, -0.05) is 40.2 Å². The van der Waals surface area contributed by atoms with Crippen LogP contribution < -0.4 is 0 Å². The lowest BCUT2D eigenvalue weighted by atomic mass is 10.1. The van der Waals surface area contributed by atoms with Crippen molar-refractivity contribution >= 4 is 32.6 Å². The first-order chi connectivity index (χ1) is 9.15. The van der Waals surface area contributed by atoms with Crippen LogP contribution in [0, 0.1) is 10.1 Å². The van der Waals surface area contributed by atoms with Crippen LogP contribution in [0.2, 0.25) is 0 Å². The number of nitro benzene ring substituents is 1. The highest BCUT2D eigenvalue weighted by Gasteiger charge is 2.16. The molecule has 0 spiro atoms. The summed E-state index contributed by atoms with van der Waals surface area (Å²) in [6.07, 6.45) is 0. The van der Waals surface area contributed by atoms with Crippen LogP contribution in [0.5, 0.6) is 0 Å². The second-order valence-corrected chi connectivity index (χ2v) is 4.99. The number of fused-ring (bicyclic) bond motifs is 1. The van der Waals surface area contributed by atoms with Crippen molar-refractivity contribution in [2.24, 2.45) is 0 Å². The van der Waals surface area contributed by atoms with Gasteiger partial charge < -0.3 is 4.42 Å². The highest BCUT2D eigenvalue weighted by molar-refractivity contribution is 9.10. The average Bonchev–Trinajstić information content (AvgIpc) is 2.82. The largest absolute Gasteiger partial charge is 0.449 e. The van der Waals surface area contributed by atoms with Crippen LogP contribution in [0.25, 0.3) is 22.3 Å². The Hall–Kier alpha value is -2.14. The van der Waals surface area contributed by atoms with E-state index in [9.17, 15) is 10.1 Å². The van der Waals surface area contributed by atoms with Crippen molar-refractivity contribution in [2.45, 2.75) is 0 Å². The number of para-hydroxylation sites is 1. The average molecular weight is 318 g/mol. The molecule has 1 heterocycles. The van der Waals surface area contributed by atoms with E-state index >= 15 is 0 Å². The maximum absolute atomic E-state index is 10.9. The van der Waals surface area contributed by atoms with Crippen LogP contribution in [0.15, 0.2) is 57.4 Å². The minimum atomic E-state index is -0.433. The third-order valence-electron chi connectivity index (χ3n) is 2.85. The number of hydrogen-bond acceptors (Lipinski definition) is 3. The number of benzene rings is 2. The van der Waals surface area contributed by atoms with Crippen LogP contribution >= 0.6 is 15.9 Å². The molecule has 0 aliphatic rings. The van der Waals surface area contributed by atoms with Crippen LogP contribution in [0.3, 0.4) is 0 Å². The summed E-state index contributed by atoms with van der Waals surface area (Å²) >= 11 is 3.36. The molecule has 0 atom stereocenters. The van der Waals surface area contributed by atoms with Gasteiger partial charge in [0.25, 0.3) is 0 Å². The van der Waals surface area contributed by atoms with E-state index in [2.05, 4.69) is 15.9 Å². The van der Waals surface area contributed by atoms with Crippen molar-refractivity contribution in [1.29, 1.82) is 0 Å². The summed E-state index contributed by atoms with van der Waals surface area (Å²) in [6.45, 7) is 0. The molecule has 0 unspecified atom stereocenters. The first kappa shape index (κ1) is 11.9. The van der Waals surface area contributed by atoms with Crippen molar-refractivity contribution in [1.82, 2.24) is 0 Å². The molecule has 3 aromatic rings. The fourth-order valence-electron chi connectivity index (χ4n) is 1.95. The molecule has 5 heteroatoms. The minimum absolute atomic E-state index is 0.0131. The standard InChI is InChI=1S/C14H8BrNO3/c15-11-6-4-9(5-7-11)13-8-10-2-1-3-12(16(17)18)14(10)19-13/h1-8H. The van der Waals surface area contributed by atoms with Gasteiger partial charge in [-0.3, -0.25) is 10.1 Å². The molecular weight excluding hydrogens is 310 g/mol. The molecule has 0 bridgehead atoms. The van der Waals surface area contributed by atoms with Crippen molar-refractivity contribution in [3.63, 3.8) is 0 Å². The predicted molar refractivity (Wildman–Crippen MR) is 76.0 cm³/mol. The summed E-state index contributed by atoms with van der Waals surface area (Å²) in [7, 11) is 0. The maximum atomic E-state index is 10.9. The molecule has 19 heavy (non-hydrogen) atoms. The number of non-ortho nitro benzene ring substituents is 1. The Morgan fingerprint density at radius 2 is 1.84 bits per heavy atom. The zero-order chi connectivity index (χ0) is 13.4. The fraction of sp³-hybridized carbons (Fsp3) is 0. The lowest BCUT2D eigenvalue weighted by Gasteiger charge is -1.96. The molecular formula is C14H8BrNO3. The summed E-state index contributed by atoms with van der Waals surface area (Å²) in [5.41, 5.74) is 1.18. The van der Waals surface area contributed by atoms with E-state index < -0.39 is 4.92 Å². The quantitative estimate of drug-likeness (QED) is 0.505. The molecule has 4 nitrogen and oxygen atoms in total. The third kappa shape index (κ3) is 2.13. The molecule has 0 saturated carbocycles. The van der Waals surface area contributed by atoms with Gasteiger partial charge in [0.2, 0.25) is 5.58 Å². The van der Waals surface area contributed by atoms with Gasteiger partial charge in [-0.05, 0) is 18.2 Å². The third-order valence-corrected chi connectivity index (χ3v) is 3.38. The van der Waals surface area contributed by atoms with Crippen molar-refractivity contribution in [2.75, 3.05) is 0 Å². The lowest BCUT2D eigenvalue weighted by molar-refractivity contribution is -0.383. The number of halogens is 1. The second kappa shape index (κ2) is 4.51. The van der Waals surface area contributed by atoms with Crippen molar-refractivity contribution in [3.05, 3.63) is 63.1 Å². The molecule has 0 radical (unpaired) electrons. The molecule has 0 amide bonds. The summed E-state index contributed by atoms with van der Waals surface area (Å²) in [5.74, 6) is 0.622. The summed E-state index contributed by atoms with van der Waals surface area (Å²) < 4.78 is 6.60. The highest BCUT2D eigenvalue weighted by Crippen LogP contribution is 2.33. The van der Waals surface area contributed by atoms with Crippen LogP contribution in [-0.2, 0) is 0 Å². The van der Waals surface area contributed by atoms with Gasteiger partial charge in [-0.15, -0.1) is 0 Å². The molecule has 2 aromatic carbocycles. The Labute approximate surface area is 116 Å². The lowest BCUT2D eigenvalue weighted by Crippen LogP contribution is -1.86. The summed E-state index contributed by atoms with van der Waals surface area (Å²) in [5, 5.41) is 11.7. The zero-order valence-corrected chi connectivity index (χ0v) is 11.3. The molecule has 0 aliphatic carbocycles. The minimum Gasteiger partial charge on any atom is -0.449 e. The van der Waals surface area contributed by atoms with Gasteiger partial charge in [0, 0.05) is 21.5 Å². The molecule has 3 rings (SSSR count). The number of nitro groups is 1. The van der Waals surface area contributed by atoms with Gasteiger partial charge in [-0.25, -0.2) is 0 Å². The first-order valence-electron chi connectivity index (χ1n) is 5.58. The van der Waals surface area contributed by atoms with Crippen LogP contribution in [0.4, 0.5) is 5.69 Å². The predicted octanol–water partition coefficient (Wildman–Crippen LogP) is 4.77. The van der Waals surface area contributed by atoms with Gasteiger partial charge in [0.15, 0.2) is 0 Å². The van der Waals surface area contributed by atoms with E-state index in [0.717, 1.165) is 15.4 Å². The number of rotatable bonds is 2. The zero-order valence-electron chi connectivity index (χ0n) is 9.67. The monoisotopic (exact) mass is 317 g/mol. The molecule has 0 N–H and O–H groups in total. The SMILES string of the molecule is O=[N+]([O-])c1cccc2cc(-c3ccc(Br)cc3)oc12. The van der Waals surface area contributed by atoms with Crippen LogP contribution in [0.1, 0.15) is 0 Å². The fourth-order valence-corrected chi connectivity index (χ4v) is 2.21. The number of furan rings is 1. The smallest absolute Gasteiger partial charge is 0.312 e. The number of nitrogens with zero attached hydrogens (tertiary/aromatic N) is 1. The Morgan fingerprint density at radius 1 is 1.11 bits per heavy atom. The van der Waals surface area contributed by atoms with Gasteiger partial charge in [0.1, 0.15) is 5.76 Å². The Kier molecular flexibility index (Phi) is 2.83. The Balaban J connectivity index is 2.19. The Bertz CT molecular complexity index is 762. The van der Waals surface area contributed by atoms with E-state index in [1.165, 1.54) is 6.07 Å². The second-order valence-electron chi connectivity index (χ2n) is 4.07. The molecule has 0 aliphatic heterocycles. The van der Waals surface area contributed by atoms with E-state index in [0.29, 0.717) is 11.3 Å². The molecule has 0 fully saturated rings. The van der Waals surface area contributed by atoms with E-state index in [1.54, 1.807) is 12.1 Å². The van der Waals surface area contributed by atoms with Gasteiger partial charge in [0.05, 0.1) is 4.92 Å². The first-order valence-corrected chi connectivity index (χ1v) is 6.37. The van der Waals surface area contributed by atoms with Crippen molar-refractivity contribution < 1.29 is 9.34 Å². The van der Waals surface area contributed by atoms with Gasteiger partial charge >= 0.3 is 5.69 Å². The van der Waals surface area contributed by atoms with Crippen molar-refractivity contribution in [3.8, 4) is 11.3 Å². The van der Waals surface area contributed by atoms with Crippen LogP contribution in [-0.4, -0.2) is 4.92 Å². The van der Waals surface area contributed by atoms with Gasteiger partial charge in [-0.2, -0.15) is 0 Å². The summed E-state index contributed by atoms with van der Waals surface area (Å²) in [6, 6.07) is 14.3. The maximum Gasteiger partial charge on any atom is 0.312 e. The molecule has 1 aromatic heterocycles. The Morgan fingerprint density at radius 3 is 2.53 bits per heavy atom. The summed E-state index contributed by atoms with van der Waals surface area (Å²) in [4.78, 5) is 10.5. The van der Waals surface area contributed by atoms with E-state index in [4.69, 9.17) is 4.42 Å². The normalized spacial score (nSPS) is 10.8. The topological polar surface area (TPSA) is 56.3 Å². The highest BCUT2D eigenvalue weighted by atomic mass is 79.9.